The number of hydrogen-bond donors (Lipinski definition) is 3. The Morgan fingerprint density at radius 1 is 1.29 bits per heavy atom. The van der Waals surface area contributed by atoms with E-state index in [0.29, 0.717) is 15.7 Å². The Labute approximate surface area is 131 Å². The Hall–Kier alpha value is -1.79. The third-order valence-corrected chi connectivity index (χ3v) is 3.88. The van der Waals surface area contributed by atoms with Crippen LogP contribution < -0.4 is 16.0 Å². The number of amides is 4. The Morgan fingerprint density at radius 3 is 2.62 bits per heavy atom. The van der Waals surface area contributed by atoms with Gasteiger partial charge in [0, 0.05) is 18.2 Å². The van der Waals surface area contributed by atoms with E-state index in [0.717, 1.165) is 0 Å². The lowest BCUT2D eigenvalue weighted by Crippen LogP contribution is -2.57. The van der Waals surface area contributed by atoms with Crippen molar-refractivity contribution >= 4 is 46.7 Å². The maximum atomic E-state index is 12.0. The number of benzene rings is 1. The molecule has 1 aromatic carbocycles. The molecule has 1 aromatic rings. The van der Waals surface area contributed by atoms with Gasteiger partial charge in [0.25, 0.3) is 0 Å². The molecule has 2 atom stereocenters. The van der Waals surface area contributed by atoms with Gasteiger partial charge in [0.15, 0.2) is 0 Å². The molecule has 1 aliphatic rings. The average molecular weight is 330 g/mol. The van der Waals surface area contributed by atoms with Crippen LogP contribution in [0.25, 0.3) is 0 Å². The van der Waals surface area contributed by atoms with Crippen LogP contribution in [0.15, 0.2) is 18.2 Å². The maximum Gasteiger partial charge on any atom is 0.321 e. The molecule has 0 spiro atoms. The highest BCUT2D eigenvalue weighted by molar-refractivity contribution is 6.42. The zero-order chi connectivity index (χ0) is 15.6. The second-order valence-electron chi connectivity index (χ2n) is 4.74. The highest BCUT2D eigenvalue weighted by atomic mass is 35.5. The van der Waals surface area contributed by atoms with Crippen molar-refractivity contribution in [2.75, 3.05) is 5.32 Å². The molecule has 3 N–H and O–H groups in total. The number of carbonyl (C=O) groups is 3. The Kier molecular flexibility index (Phi) is 4.69. The topological polar surface area (TPSA) is 87.3 Å². The molecule has 6 nitrogen and oxygen atoms in total. The van der Waals surface area contributed by atoms with Crippen molar-refractivity contribution in [1.82, 2.24) is 10.6 Å². The quantitative estimate of drug-likeness (QED) is 0.794. The molecular formula is C13H13Cl2N3O3. The maximum absolute atomic E-state index is 12.0. The second kappa shape index (κ2) is 6.32. The molecule has 8 heteroatoms. The molecule has 112 valence electrons. The largest absolute Gasteiger partial charge is 0.335 e. The lowest BCUT2D eigenvalue weighted by atomic mass is 9.94. The van der Waals surface area contributed by atoms with Gasteiger partial charge in [-0.3, -0.25) is 14.9 Å². The number of carbonyl (C=O) groups excluding carboxylic acids is 3. The molecule has 1 heterocycles. The van der Waals surface area contributed by atoms with Gasteiger partial charge in [-0.05, 0) is 25.1 Å². The van der Waals surface area contributed by atoms with Crippen LogP contribution in [-0.2, 0) is 9.59 Å². The SMILES string of the molecule is CC1NC(=O)NC(=O)C1CC(=O)Nc1ccc(Cl)c(Cl)c1. The standard InChI is InChI=1S/C13H13Cl2N3O3/c1-6-8(12(20)18-13(21)16-6)5-11(19)17-7-2-3-9(14)10(15)4-7/h2-4,6,8H,5H2,1H3,(H,17,19)(H2,16,18,20,21). The minimum absolute atomic E-state index is 0.0481. The predicted molar refractivity (Wildman–Crippen MR) is 79.3 cm³/mol. The first-order valence-corrected chi connectivity index (χ1v) is 6.98. The van der Waals surface area contributed by atoms with Crippen molar-refractivity contribution in [3.05, 3.63) is 28.2 Å². The summed E-state index contributed by atoms with van der Waals surface area (Å²) in [5.74, 6) is -1.43. The Balaban J connectivity index is 1.99. The van der Waals surface area contributed by atoms with E-state index < -0.39 is 23.9 Å². The molecule has 2 unspecified atom stereocenters. The van der Waals surface area contributed by atoms with E-state index in [1.54, 1.807) is 19.1 Å². The first-order chi connectivity index (χ1) is 9.86. The minimum atomic E-state index is -0.620. The summed E-state index contributed by atoms with van der Waals surface area (Å²) in [5.41, 5.74) is 0.488. The zero-order valence-electron chi connectivity index (χ0n) is 11.1. The van der Waals surface area contributed by atoms with E-state index in [1.165, 1.54) is 6.07 Å². The van der Waals surface area contributed by atoms with E-state index >= 15 is 0 Å². The summed E-state index contributed by atoms with van der Waals surface area (Å²) in [5, 5.41) is 8.04. The number of urea groups is 1. The van der Waals surface area contributed by atoms with Crippen LogP contribution in [0.1, 0.15) is 13.3 Å². The fourth-order valence-corrected chi connectivity index (χ4v) is 2.33. The molecular weight excluding hydrogens is 317 g/mol. The summed E-state index contributed by atoms with van der Waals surface area (Å²) >= 11 is 11.6. The van der Waals surface area contributed by atoms with Crippen molar-refractivity contribution in [3.8, 4) is 0 Å². The number of rotatable bonds is 3. The van der Waals surface area contributed by atoms with Crippen molar-refractivity contribution in [2.24, 2.45) is 5.92 Å². The van der Waals surface area contributed by atoms with E-state index in [2.05, 4.69) is 16.0 Å². The van der Waals surface area contributed by atoms with Crippen LogP contribution in [0.3, 0.4) is 0 Å². The van der Waals surface area contributed by atoms with E-state index in [-0.39, 0.29) is 12.3 Å². The van der Waals surface area contributed by atoms with Gasteiger partial charge in [0.2, 0.25) is 11.8 Å². The Bertz CT molecular complexity index is 606. The van der Waals surface area contributed by atoms with Crippen LogP contribution in [-0.4, -0.2) is 23.9 Å². The van der Waals surface area contributed by atoms with Crippen LogP contribution >= 0.6 is 23.2 Å². The molecule has 21 heavy (non-hydrogen) atoms. The van der Waals surface area contributed by atoms with Crippen LogP contribution in [0.4, 0.5) is 10.5 Å². The summed E-state index contributed by atoms with van der Waals surface area (Å²) in [7, 11) is 0. The van der Waals surface area contributed by atoms with Gasteiger partial charge in [-0.15, -0.1) is 0 Å². The van der Waals surface area contributed by atoms with Gasteiger partial charge in [0.1, 0.15) is 0 Å². The smallest absolute Gasteiger partial charge is 0.321 e. The number of anilines is 1. The number of hydrogen-bond acceptors (Lipinski definition) is 3. The van der Waals surface area contributed by atoms with Gasteiger partial charge in [-0.2, -0.15) is 0 Å². The molecule has 1 saturated heterocycles. The minimum Gasteiger partial charge on any atom is -0.335 e. The lowest BCUT2D eigenvalue weighted by Gasteiger charge is -2.28. The number of nitrogens with one attached hydrogen (secondary N) is 3. The molecule has 0 aliphatic carbocycles. The van der Waals surface area contributed by atoms with Crippen molar-refractivity contribution in [3.63, 3.8) is 0 Å². The van der Waals surface area contributed by atoms with Crippen LogP contribution in [0.5, 0.6) is 0 Å². The summed E-state index contributed by atoms with van der Waals surface area (Å²) < 4.78 is 0. The second-order valence-corrected chi connectivity index (χ2v) is 5.55. The highest BCUT2D eigenvalue weighted by Gasteiger charge is 2.34. The molecule has 0 radical (unpaired) electrons. The third kappa shape index (κ3) is 3.86. The summed E-state index contributed by atoms with van der Waals surface area (Å²) in [6, 6.07) is 3.74. The molecule has 1 aliphatic heterocycles. The van der Waals surface area contributed by atoms with E-state index in [4.69, 9.17) is 23.2 Å². The summed E-state index contributed by atoms with van der Waals surface area (Å²) in [4.78, 5) is 34.8. The molecule has 0 saturated carbocycles. The number of halogens is 2. The van der Waals surface area contributed by atoms with Gasteiger partial charge in [-0.1, -0.05) is 23.2 Å². The average Bonchev–Trinajstić information content (AvgIpc) is 2.38. The number of imide groups is 1. The van der Waals surface area contributed by atoms with Gasteiger partial charge in [0.05, 0.1) is 16.0 Å². The molecule has 0 aromatic heterocycles. The monoisotopic (exact) mass is 329 g/mol. The van der Waals surface area contributed by atoms with Crippen molar-refractivity contribution in [1.29, 1.82) is 0 Å². The van der Waals surface area contributed by atoms with E-state index in [9.17, 15) is 14.4 Å². The van der Waals surface area contributed by atoms with Crippen LogP contribution in [0, 0.1) is 5.92 Å². The Morgan fingerprint density at radius 2 is 2.00 bits per heavy atom. The predicted octanol–water partition coefficient (Wildman–Crippen LogP) is 2.17. The highest BCUT2D eigenvalue weighted by Crippen LogP contribution is 2.25. The first-order valence-electron chi connectivity index (χ1n) is 6.23. The van der Waals surface area contributed by atoms with Crippen LogP contribution in [0.2, 0.25) is 10.0 Å². The lowest BCUT2D eigenvalue weighted by molar-refractivity contribution is -0.129. The zero-order valence-corrected chi connectivity index (χ0v) is 12.6. The van der Waals surface area contributed by atoms with Gasteiger partial charge < -0.3 is 10.6 Å². The molecule has 1 fully saturated rings. The van der Waals surface area contributed by atoms with E-state index in [1.807, 2.05) is 0 Å². The summed E-state index contributed by atoms with van der Waals surface area (Å²) in [6.07, 6.45) is -0.0481. The molecule has 0 bridgehead atoms. The van der Waals surface area contributed by atoms with Gasteiger partial charge >= 0.3 is 6.03 Å². The third-order valence-electron chi connectivity index (χ3n) is 3.14. The normalized spacial score (nSPS) is 21.5. The summed E-state index contributed by atoms with van der Waals surface area (Å²) in [6.45, 7) is 1.67. The van der Waals surface area contributed by atoms with Crippen molar-refractivity contribution in [2.45, 2.75) is 19.4 Å². The molecule has 2 rings (SSSR count). The van der Waals surface area contributed by atoms with Crippen molar-refractivity contribution < 1.29 is 14.4 Å². The fraction of sp³-hybridized carbons (Fsp3) is 0.308. The van der Waals surface area contributed by atoms with Gasteiger partial charge in [-0.25, -0.2) is 4.79 Å². The fourth-order valence-electron chi connectivity index (χ4n) is 2.03. The molecule has 4 amide bonds. The first kappa shape index (κ1) is 15.6.